The summed E-state index contributed by atoms with van der Waals surface area (Å²) in [5, 5.41) is 0. The van der Waals surface area contributed by atoms with E-state index in [0.29, 0.717) is 0 Å². The van der Waals surface area contributed by atoms with Crippen molar-refractivity contribution in [1.29, 1.82) is 0 Å². The molecule has 1 fully saturated rings. The number of ether oxygens (including phenoxy) is 2. The van der Waals surface area contributed by atoms with Gasteiger partial charge in [-0.3, -0.25) is 0 Å². The molecule has 0 aromatic rings. The average Bonchev–Trinajstić information content (AvgIpc) is 1.98. The van der Waals surface area contributed by atoms with Crippen LogP contribution in [0.3, 0.4) is 0 Å². The van der Waals surface area contributed by atoms with Crippen LogP contribution in [0.25, 0.3) is 0 Å². The van der Waals surface area contributed by atoms with Crippen molar-refractivity contribution < 1.29 is 27.4 Å². The van der Waals surface area contributed by atoms with E-state index >= 15 is 0 Å². The van der Waals surface area contributed by atoms with E-state index in [1.165, 1.54) is 6.92 Å². The lowest BCUT2D eigenvalue weighted by molar-refractivity contribution is -0.335. The van der Waals surface area contributed by atoms with E-state index < -0.39 is 24.4 Å². The van der Waals surface area contributed by atoms with Gasteiger partial charge >= 0.3 is 12.1 Å². The first kappa shape index (κ1) is 12.0. The van der Waals surface area contributed by atoms with Gasteiger partial charge in [-0.25, -0.2) is 4.79 Å². The molecule has 1 saturated heterocycles. The zero-order valence-electron chi connectivity index (χ0n) is 8.19. The van der Waals surface area contributed by atoms with Crippen molar-refractivity contribution in [3.05, 3.63) is 12.2 Å². The van der Waals surface area contributed by atoms with Gasteiger partial charge in [0.1, 0.15) is 6.61 Å². The fourth-order valence-electron chi connectivity index (χ4n) is 1.07. The van der Waals surface area contributed by atoms with Crippen molar-refractivity contribution in [2.45, 2.75) is 25.1 Å². The molecular weight excluding hydrogens is 213 g/mol. The molecular formula is C9H11F3O3. The molecule has 0 radical (unpaired) electrons. The Bertz CT molecular complexity index is 279. The van der Waals surface area contributed by atoms with Crippen LogP contribution in [-0.2, 0) is 14.3 Å². The Labute approximate surface area is 84.8 Å². The molecule has 0 bridgehead atoms. The zero-order valence-corrected chi connectivity index (χ0v) is 8.19. The van der Waals surface area contributed by atoms with Crippen molar-refractivity contribution in [2.24, 2.45) is 0 Å². The highest BCUT2D eigenvalue weighted by Gasteiger charge is 2.61. The van der Waals surface area contributed by atoms with Gasteiger partial charge in [-0.1, -0.05) is 6.58 Å². The molecule has 0 spiro atoms. The number of esters is 1. The highest BCUT2D eigenvalue weighted by Crippen LogP contribution is 2.42. The molecule has 0 aromatic carbocycles. The van der Waals surface area contributed by atoms with Crippen LogP contribution >= 0.6 is 0 Å². The first-order valence-electron chi connectivity index (χ1n) is 4.32. The number of halogens is 3. The number of hydrogen-bond donors (Lipinski definition) is 0. The maximum absolute atomic E-state index is 12.5. The molecule has 3 nitrogen and oxygen atoms in total. The van der Waals surface area contributed by atoms with Gasteiger partial charge in [0, 0.05) is 12.0 Å². The molecule has 0 amide bonds. The average molecular weight is 224 g/mol. The predicted molar refractivity (Wildman–Crippen MR) is 45.1 cm³/mol. The van der Waals surface area contributed by atoms with Crippen LogP contribution in [0.2, 0.25) is 0 Å². The molecule has 15 heavy (non-hydrogen) atoms. The van der Waals surface area contributed by atoms with Crippen molar-refractivity contribution in [1.82, 2.24) is 0 Å². The quantitative estimate of drug-likeness (QED) is 0.542. The van der Waals surface area contributed by atoms with E-state index in [4.69, 9.17) is 0 Å². The predicted octanol–water partition coefficient (Wildman–Crippen LogP) is 1.83. The maximum Gasteiger partial charge on any atom is 0.420 e. The van der Waals surface area contributed by atoms with Crippen molar-refractivity contribution in [3.8, 4) is 0 Å². The highest BCUT2D eigenvalue weighted by atomic mass is 19.4. The van der Waals surface area contributed by atoms with Crippen molar-refractivity contribution in [3.63, 3.8) is 0 Å². The molecule has 1 rings (SSSR count). The molecule has 0 N–H and O–H groups in total. The third kappa shape index (κ3) is 2.31. The summed E-state index contributed by atoms with van der Waals surface area (Å²) in [5.41, 5.74) is -2.25. The Hall–Kier alpha value is -1.04. The van der Waals surface area contributed by atoms with Gasteiger partial charge in [0.2, 0.25) is 0 Å². The SMILES string of the molecule is C=C(C)C(=O)OCC1(C(F)(F)F)CCO1. The van der Waals surface area contributed by atoms with Crippen LogP contribution in [0.4, 0.5) is 13.2 Å². The lowest BCUT2D eigenvalue weighted by atomic mass is 9.95. The second kappa shape index (κ2) is 3.84. The maximum atomic E-state index is 12.5. The monoisotopic (exact) mass is 224 g/mol. The molecule has 1 atom stereocenters. The van der Waals surface area contributed by atoms with Gasteiger partial charge in [0.15, 0.2) is 5.60 Å². The Morgan fingerprint density at radius 2 is 2.13 bits per heavy atom. The molecule has 0 aromatic heterocycles. The largest absolute Gasteiger partial charge is 0.459 e. The molecule has 1 aliphatic rings. The number of rotatable bonds is 3. The summed E-state index contributed by atoms with van der Waals surface area (Å²) in [6, 6.07) is 0. The standard InChI is InChI=1S/C9H11F3O3/c1-6(2)7(13)14-5-8(3-4-15-8)9(10,11)12/h1,3-5H2,2H3. The van der Waals surface area contributed by atoms with E-state index in [9.17, 15) is 18.0 Å². The van der Waals surface area contributed by atoms with E-state index in [1.807, 2.05) is 0 Å². The van der Waals surface area contributed by atoms with Crippen LogP contribution in [0.1, 0.15) is 13.3 Å². The van der Waals surface area contributed by atoms with Gasteiger partial charge in [-0.2, -0.15) is 13.2 Å². The number of carbonyl (C=O) groups excluding carboxylic acids is 1. The summed E-state index contributed by atoms with van der Waals surface area (Å²) in [7, 11) is 0. The lowest BCUT2D eigenvalue weighted by Crippen LogP contribution is -2.59. The molecule has 6 heteroatoms. The Morgan fingerprint density at radius 3 is 2.40 bits per heavy atom. The summed E-state index contributed by atoms with van der Waals surface area (Å²) in [5.74, 6) is -0.839. The van der Waals surface area contributed by atoms with Crippen LogP contribution in [0.5, 0.6) is 0 Å². The number of carbonyl (C=O) groups is 1. The molecule has 0 aliphatic carbocycles. The Morgan fingerprint density at radius 1 is 1.60 bits per heavy atom. The molecule has 1 aliphatic heterocycles. The summed E-state index contributed by atoms with van der Waals surface area (Å²) < 4.78 is 46.3. The topological polar surface area (TPSA) is 35.5 Å². The number of hydrogen-bond acceptors (Lipinski definition) is 3. The lowest BCUT2D eigenvalue weighted by Gasteiger charge is -2.42. The first-order valence-corrected chi connectivity index (χ1v) is 4.32. The van der Waals surface area contributed by atoms with E-state index in [0.717, 1.165) is 0 Å². The minimum absolute atomic E-state index is 0.0319. The second-order valence-electron chi connectivity index (χ2n) is 3.45. The van der Waals surface area contributed by atoms with Crippen LogP contribution in [0.15, 0.2) is 12.2 Å². The van der Waals surface area contributed by atoms with E-state index in [1.54, 1.807) is 0 Å². The molecule has 1 heterocycles. The third-order valence-electron chi connectivity index (χ3n) is 2.19. The summed E-state index contributed by atoms with van der Waals surface area (Å²) in [6.45, 7) is 3.86. The number of alkyl halides is 3. The van der Waals surface area contributed by atoms with Crippen LogP contribution < -0.4 is 0 Å². The molecule has 0 saturated carbocycles. The van der Waals surface area contributed by atoms with E-state index in [2.05, 4.69) is 16.1 Å². The summed E-state index contributed by atoms with van der Waals surface area (Å²) >= 11 is 0. The van der Waals surface area contributed by atoms with Gasteiger partial charge in [0.05, 0.1) is 6.61 Å². The van der Waals surface area contributed by atoms with Gasteiger partial charge in [-0.15, -0.1) is 0 Å². The van der Waals surface area contributed by atoms with Crippen molar-refractivity contribution >= 4 is 5.97 Å². The third-order valence-corrected chi connectivity index (χ3v) is 2.19. The fourth-order valence-corrected chi connectivity index (χ4v) is 1.07. The zero-order chi connectivity index (χ0) is 11.7. The van der Waals surface area contributed by atoms with Gasteiger partial charge < -0.3 is 9.47 Å². The second-order valence-corrected chi connectivity index (χ2v) is 3.45. The van der Waals surface area contributed by atoms with Crippen LogP contribution in [0, 0.1) is 0 Å². The minimum Gasteiger partial charge on any atom is -0.459 e. The molecule has 86 valence electrons. The normalized spacial score (nSPS) is 25.6. The smallest absolute Gasteiger partial charge is 0.420 e. The Balaban J connectivity index is 2.56. The minimum atomic E-state index is -4.51. The van der Waals surface area contributed by atoms with Gasteiger partial charge in [-0.05, 0) is 6.92 Å². The first-order chi connectivity index (χ1) is 6.78. The summed E-state index contributed by atoms with van der Waals surface area (Å²) in [6.07, 6.45) is -4.69. The highest BCUT2D eigenvalue weighted by molar-refractivity contribution is 5.86. The fraction of sp³-hybridized carbons (Fsp3) is 0.667. The van der Waals surface area contributed by atoms with Gasteiger partial charge in [0.25, 0.3) is 0 Å². The summed E-state index contributed by atoms with van der Waals surface area (Å²) in [4.78, 5) is 10.9. The Kier molecular flexibility index (Phi) is 3.08. The van der Waals surface area contributed by atoms with Crippen LogP contribution in [-0.4, -0.2) is 31.0 Å². The molecule has 1 unspecified atom stereocenters. The van der Waals surface area contributed by atoms with E-state index in [-0.39, 0.29) is 18.6 Å². The van der Waals surface area contributed by atoms with Crippen molar-refractivity contribution in [2.75, 3.05) is 13.2 Å².